The van der Waals surface area contributed by atoms with Crippen LogP contribution in [0.2, 0.25) is 0 Å². The molecule has 2 nitrogen and oxygen atoms in total. The summed E-state index contributed by atoms with van der Waals surface area (Å²) in [6, 6.07) is 11.5. The standard InChI is InChI=1S/C17H24N2S/c1-4-18-17(9-8-14-10-11-20-13-14)15-6-5-7-16(12-15)19(2)3/h5-7,10-13,17-18H,4,8-9H2,1-3H3. The highest BCUT2D eigenvalue weighted by molar-refractivity contribution is 7.07. The lowest BCUT2D eigenvalue weighted by Crippen LogP contribution is -2.22. The molecule has 0 aliphatic rings. The van der Waals surface area contributed by atoms with E-state index in [1.165, 1.54) is 16.8 Å². The molecule has 1 unspecified atom stereocenters. The van der Waals surface area contributed by atoms with Crippen molar-refractivity contribution in [3.05, 3.63) is 52.2 Å². The molecule has 0 bridgehead atoms. The zero-order valence-electron chi connectivity index (χ0n) is 12.6. The first-order valence-corrected chi connectivity index (χ1v) is 8.16. The molecule has 2 aromatic rings. The van der Waals surface area contributed by atoms with Crippen LogP contribution in [0.4, 0.5) is 5.69 Å². The Morgan fingerprint density at radius 1 is 1.25 bits per heavy atom. The van der Waals surface area contributed by atoms with Gasteiger partial charge < -0.3 is 10.2 Å². The fourth-order valence-electron chi connectivity index (χ4n) is 2.40. The van der Waals surface area contributed by atoms with Crippen molar-refractivity contribution in [1.29, 1.82) is 0 Å². The summed E-state index contributed by atoms with van der Waals surface area (Å²) >= 11 is 1.78. The molecule has 0 radical (unpaired) electrons. The summed E-state index contributed by atoms with van der Waals surface area (Å²) in [4.78, 5) is 2.16. The molecule has 108 valence electrons. The van der Waals surface area contributed by atoms with Gasteiger partial charge in [-0.25, -0.2) is 0 Å². The van der Waals surface area contributed by atoms with E-state index in [2.05, 4.69) is 72.3 Å². The average molecular weight is 288 g/mol. The van der Waals surface area contributed by atoms with Gasteiger partial charge in [-0.2, -0.15) is 11.3 Å². The van der Waals surface area contributed by atoms with E-state index < -0.39 is 0 Å². The van der Waals surface area contributed by atoms with Crippen molar-refractivity contribution in [2.24, 2.45) is 0 Å². The summed E-state index contributed by atoms with van der Waals surface area (Å²) < 4.78 is 0. The van der Waals surface area contributed by atoms with E-state index >= 15 is 0 Å². The summed E-state index contributed by atoms with van der Waals surface area (Å²) in [6.07, 6.45) is 2.27. The zero-order chi connectivity index (χ0) is 14.4. The summed E-state index contributed by atoms with van der Waals surface area (Å²) in [5.74, 6) is 0. The maximum Gasteiger partial charge on any atom is 0.0364 e. The Morgan fingerprint density at radius 3 is 2.75 bits per heavy atom. The van der Waals surface area contributed by atoms with Crippen molar-refractivity contribution in [1.82, 2.24) is 5.32 Å². The van der Waals surface area contributed by atoms with Crippen LogP contribution in [-0.2, 0) is 6.42 Å². The first kappa shape index (κ1) is 15.1. The molecule has 3 heteroatoms. The minimum absolute atomic E-state index is 0.430. The van der Waals surface area contributed by atoms with Gasteiger partial charge in [0.15, 0.2) is 0 Å². The summed E-state index contributed by atoms with van der Waals surface area (Å²) in [6.45, 7) is 3.17. The van der Waals surface area contributed by atoms with E-state index in [1.807, 2.05) is 0 Å². The normalized spacial score (nSPS) is 12.3. The molecule has 1 N–H and O–H groups in total. The monoisotopic (exact) mass is 288 g/mol. The molecule has 0 fully saturated rings. The second-order valence-corrected chi connectivity index (χ2v) is 6.05. The van der Waals surface area contributed by atoms with Crippen LogP contribution in [0.1, 0.15) is 30.5 Å². The van der Waals surface area contributed by atoms with Gasteiger partial charge in [-0.3, -0.25) is 0 Å². The summed E-state index contributed by atoms with van der Waals surface area (Å²) in [5, 5.41) is 8.02. The molecular formula is C17H24N2S. The van der Waals surface area contributed by atoms with Crippen LogP contribution in [0.15, 0.2) is 41.1 Å². The number of aryl methyl sites for hydroxylation is 1. The van der Waals surface area contributed by atoms with Gasteiger partial charge in [0.2, 0.25) is 0 Å². The first-order valence-electron chi connectivity index (χ1n) is 7.22. The molecule has 1 aromatic heterocycles. The fourth-order valence-corrected chi connectivity index (χ4v) is 3.10. The third-order valence-corrected chi connectivity index (χ3v) is 4.27. The molecule has 1 aromatic carbocycles. The number of thiophene rings is 1. The Balaban J connectivity index is 2.08. The lowest BCUT2D eigenvalue weighted by atomic mass is 9.99. The number of rotatable bonds is 7. The van der Waals surface area contributed by atoms with Gasteiger partial charge >= 0.3 is 0 Å². The summed E-state index contributed by atoms with van der Waals surface area (Å²) in [5.41, 5.74) is 4.09. The number of nitrogens with one attached hydrogen (secondary N) is 1. The van der Waals surface area contributed by atoms with Gasteiger partial charge in [-0.1, -0.05) is 19.1 Å². The first-order chi connectivity index (χ1) is 9.70. The molecule has 1 heterocycles. The van der Waals surface area contributed by atoms with Gasteiger partial charge in [0, 0.05) is 25.8 Å². The molecule has 0 aliphatic heterocycles. The number of hydrogen-bond donors (Lipinski definition) is 1. The van der Waals surface area contributed by atoms with Crippen molar-refractivity contribution in [2.75, 3.05) is 25.5 Å². The van der Waals surface area contributed by atoms with Crippen LogP contribution in [0.3, 0.4) is 0 Å². The highest BCUT2D eigenvalue weighted by Crippen LogP contribution is 2.23. The van der Waals surface area contributed by atoms with E-state index in [0.29, 0.717) is 6.04 Å². The van der Waals surface area contributed by atoms with Crippen LogP contribution in [0.25, 0.3) is 0 Å². The smallest absolute Gasteiger partial charge is 0.0364 e. The van der Waals surface area contributed by atoms with E-state index in [4.69, 9.17) is 0 Å². The maximum absolute atomic E-state index is 3.61. The zero-order valence-corrected chi connectivity index (χ0v) is 13.4. The highest BCUT2D eigenvalue weighted by Gasteiger charge is 2.11. The maximum atomic E-state index is 3.61. The van der Waals surface area contributed by atoms with Crippen LogP contribution >= 0.6 is 11.3 Å². The number of hydrogen-bond acceptors (Lipinski definition) is 3. The Hall–Kier alpha value is -1.32. The van der Waals surface area contributed by atoms with Crippen LogP contribution in [-0.4, -0.2) is 20.6 Å². The lowest BCUT2D eigenvalue weighted by molar-refractivity contribution is 0.516. The Bertz CT molecular complexity index is 505. The Labute approximate surface area is 126 Å². The Kier molecular flexibility index (Phi) is 5.62. The third-order valence-electron chi connectivity index (χ3n) is 3.54. The SMILES string of the molecule is CCNC(CCc1ccsc1)c1cccc(N(C)C)c1. The number of anilines is 1. The predicted molar refractivity (Wildman–Crippen MR) is 89.8 cm³/mol. The highest BCUT2D eigenvalue weighted by atomic mass is 32.1. The van der Waals surface area contributed by atoms with Crippen molar-refractivity contribution < 1.29 is 0 Å². The molecular weight excluding hydrogens is 264 g/mol. The van der Waals surface area contributed by atoms with Crippen LogP contribution in [0.5, 0.6) is 0 Å². The summed E-state index contributed by atoms with van der Waals surface area (Å²) in [7, 11) is 4.18. The van der Waals surface area contributed by atoms with Gasteiger partial charge in [0.05, 0.1) is 0 Å². The molecule has 0 amide bonds. The number of nitrogens with zero attached hydrogens (tertiary/aromatic N) is 1. The molecule has 1 atom stereocenters. The predicted octanol–water partition coefficient (Wildman–Crippen LogP) is 4.10. The van der Waals surface area contributed by atoms with Crippen molar-refractivity contribution >= 4 is 17.0 Å². The lowest BCUT2D eigenvalue weighted by Gasteiger charge is -2.21. The van der Waals surface area contributed by atoms with Crippen LogP contribution in [0, 0.1) is 0 Å². The third kappa shape index (κ3) is 4.09. The molecule has 0 saturated heterocycles. The van der Waals surface area contributed by atoms with Crippen molar-refractivity contribution in [3.8, 4) is 0 Å². The largest absolute Gasteiger partial charge is 0.378 e. The fraction of sp³-hybridized carbons (Fsp3) is 0.412. The second kappa shape index (κ2) is 7.46. The quantitative estimate of drug-likeness (QED) is 0.825. The minimum atomic E-state index is 0.430. The molecule has 20 heavy (non-hydrogen) atoms. The van der Waals surface area contributed by atoms with E-state index in [1.54, 1.807) is 11.3 Å². The van der Waals surface area contributed by atoms with E-state index in [-0.39, 0.29) is 0 Å². The molecule has 0 saturated carbocycles. The van der Waals surface area contributed by atoms with Gasteiger partial charge in [-0.05, 0) is 59.5 Å². The number of benzene rings is 1. The van der Waals surface area contributed by atoms with E-state index in [9.17, 15) is 0 Å². The molecule has 2 rings (SSSR count). The second-order valence-electron chi connectivity index (χ2n) is 5.27. The van der Waals surface area contributed by atoms with Gasteiger partial charge in [0.1, 0.15) is 0 Å². The Morgan fingerprint density at radius 2 is 2.10 bits per heavy atom. The van der Waals surface area contributed by atoms with Crippen molar-refractivity contribution in [2.45, 2.75) is 25.8 Å². The average Bonchev–Trinajstić information content (AvgIpc) is 2.97. The minimum Gasteiger partial charge on any atom is -0.378 e. The van der Waals surface area contributed by atoms with Gasteiger partial charge in [-0.15, -0.1) is 0 Å². The topological polar surface area (TPSA) is 15.3 Å². The van der Waals surface area contributed by atoms with Crippen molar-refractivity contribution in [3.63, 3.8) is 0 Å². The molecule has 0 aliphatic carbocycles. The van der Waals surface area contributed by atoms with E-state index in [0.717, 1.165) is 19.4 Å². The van der Waals surface area contributed by atoms with Gasteiger partial charge in [0.25, 0.3) is 0 Å². The molecule has 0 spiro atoms. The van der Waals surface area contributed by atoms with Crippen LogP contribution < -0.4 is 10.2 Å².